The number of carbonyl (C=O) groups excluding carboxylic acids is 5. The lowest BCUT2D eigenvalue weighted by Gasteiger charge is -2.33. The van der Waals surface area contributed by atoms with Crippen LogP contribution in [0.4, 0.5) is 5.69 Å². The molecule has 2 saturated heterocycles. The molecule has 2 amide bonds. The molecule has 1 atom stereocenters. The summed E-state index contributed by atoms with van der Waals surface area (Å²) >= 11 is 0. The van der Waals surface area contributed by atoms with Crippen LogP contribution in [0.25, 0.3) is 11.1 Å². The fourth-order valence-corrected chi connectivity index (χ4v) is 5.40. The van der Waals surface area contributed by atoms with Crippen molar-refractivity contribution in [1.82, 2.24) is 4.90 Å². The summed E-state index contributed by atoms with van der Waals surface area (Å²) in [5, 5.41) is 0. The molecule has 0 radical (unpaired) electrons. The van der Waals surface area contributed by atoms with Gasteiger partial charge in [-0.3, -0.25) is 24.1 Å². The van der Waals surface area contributed by atoms with E-state index < -0.39 is 18.6 Å². The Kier molecular flexibility index (Phi) is 8.88. The second kappa shape index (κ2) is 12.9. The summed E-state index contributed by atoms with van der Waals surface area (Å²) in [5.74, 6) is -2.06. The Hall–Kier alpha value is -4.63. The van der Waals surface area contributed by atoms with Gasteiger partial charge in [-0.05, 0) is 68.2 Å². The van der Waals surface area contributed by atoms with Crippen molar-refractivity contribution in [2.75, 3.05) is 31.2 Å². The molecule has 9 nitrogen and oxygen atoms in total. The topological polar surface area (TPSA) is 110 Å². The summed E-state index contributed by atoms with van der Waals surface area (Å²) in [6.07, 6.45) is 1.21. The van der Waals surface area contributed by atoms with Gasteiger partial charge in [-0.1, -0.05) is 54.6 Å². The zero-order valence-corrected chi connectivity index (χ0v) is 23.4. The van der Waals surface area contributed by atoms with E-state index in [1.807, 2.05) is 47.4 Å². The highest BCUT2D eigenvalue weighted by molar-refractivity contribution is 6.22. The molecule has 2 aliphatic rings. The number of ether oxygens (including phenoxy) is 2. The van der Waals surface area contributed by atoms with Crippen LogP contribution in [0.5, 0.6) is 0 Å². The van der Waals surface area contributed by atoms with Crippen molar-refractivity contribution in [2.45, 2.75) is 32.2 Å². The van der Waals surface area contributed by atoms with Crippen LogP contribution in [0, 0.1) is 5.92 Å². The number of ketones is 1. The largest absolute Gasteiger partial charge is 0.466 e. The lowest BCUT2D eigenvalue weighted by atomic mass is 9.95. The highest BCUT2D eigenvalue weighted by atomic mass is 16.5. The molecule has 1 unspecified atom stereocenters. The smallest absolute Gasteiger partial charge is 0.338 e. The van der Waals surface area contributed by atoms with E-state index in [0.29, 0.717) is 43.8 Å². The maximum atomic E-state index is 13.2. The summed E-state index contributed by atoms with van der Waals surface area (Å²) in [6.45, 7) is 2.75. The highest BCUT2D eigenvalue weighted by Crippen LogP contribution is 2.29. The SMILES string of the molecule is CCOC(=O)C1CCN(C2CC(=O)N(c3ccc(C(=O)OCC(=O)c4ccc(-c5ccccc5)cc4)cc3)C2=O)CC1. The van der Waals surface area contributed by atoms with E-state index in [1.165, 1.54) is 24.3 Å². The van der Waals surface area contributed by atoms with Gasteiger partial charge in [0.05, 0.1) is 36.2 Å². The third-order valence-corrected chi connectivity index (χ3v) is 7.72. The molecule has 5 rings (SSSR count). The minimum atomic E-state index is -0.683. The van der Waals surface area contributed by atoms with Crippen molar-refractivity contribution in [3.63, 3.8) is 0 Å². The van der Waals surface area contributed by atoms with E-state index in [-0.39, 0.29) is 41.5 Å². The minimum Gasteiger partial charge on any atom is -0.466 e. The summed E-state index contributed by atoms with van der Waals surface area (Å²) in [6, 6.07) is 22.3. The predicted octanol–water partition coefficient (Wildman–Crippen LogP) is 4.30. The normalized spacial score (nSPS) is 17.7. The molecule has 3 aromatic carbocycles. The number of likely N-dealkylation sites (tertiary alicyclic amines) is 1. The van der Waals surface area contributed by atoms with Crippen LogP contribution >= 0.6 is 0 Å². The fourth-order valence-electron chi connectivity index (χ4n) is 5.40. The first-order valence-corrected chi connectivity index (χ1v) is 14.1. The number of amides is 2. The maximum Gasteiger partial charge on any atom is 0.338 e. The van der Waals surface area contributed by atoms with E-state index in [1.54, 1.807) is 19.1 Å². The zero-order valence-electron chi connectivity index (χ0n) is 23.4. The summed E-state index contributed by atoms with van der Waals surface area (Å²) < 4.78 is 10.3. The molecule has 2 fully saturated rings. The lowest BCUT2D eigenvalue weighted by Crippen LogP contribution is -2.47. The Morgan fingerprint density at radius 3 is 2.05 bits per heavy atom. The third-order valence-electron chi connectivity index (χ3n) is 7.72. The van der Waals surface area contributed by atoms with Gasteiger partial charge in [0, 0.05) is 5.56 Å². The average molecular weight is 569 g/mol. The zero-order chi connectivity index (χ0) is 29.6. The number of piperidine rings is 1. The Balaban J connectivity index is 1.14. The molecule has 2 aliphatic heterocycles. The number of nitrogens with zero attached hydrogens (tertiary/aromatic N) is 2. The van der Waals surface area contributed by atoms with Gasteiger partial charge in [-0.2, -0.15) is 0 Å². The predicted molar refractivity (Wildman–Crippen MR) is 155 cm³/mol. The number of rotatable bonds is 9. The van der Waals surface area contributed by atoms with Gasteiger partial charge in [-0.15, -0.1) is 0 Å². The van der Waals surface area contributed by atoms with Crippen molar-refractivity contribution in [3.05, 3.63) is 90.0 Å². The second-order valence-electron chi connectivity index (χ2n) is 10.3. The van der Waals surface area contributed by atoms with Crippen molar-refractivity contribution >= 4 is 35.2 Å². The average Bonchev–Trinajstić information content (AvgIpc) is 3.33. The number of imide groups is 1. The molecule has 0 aromatic heterocycles. The van der Waals surface area contributed by atoms with Crippen LogP contribution in [0.2, 0.25) is 0 Å². The number of benzene rings is 3. The molecular weight excluding hydrogens is 536 g/mol. The molecule has 0 aliphatic carbocycles. The molecule has 0 bridgehead atoms. The number of hydrogen-bond donors (Lipinski definition) is 0. The van der Waals surface area contributed by atoms with Crippen LogP contribution in [0.1, 0.15) is 46.9 Å². The maximum absolute atomic E-state index is 13.2. The van der Waals surface area contributed by atoms with Gasteiger partial charge in [0.25, 0.3) is 5.91 Å². The number of hydrogen-bond acceptors (Lipinski definition) is 8. The van der Waals surface area contributed by atoms with E-state index in [9.17, 15) is 24.0 Å². The van der Waals surface area contributed by atoms with Gasteiger partial charge in [-0.25, -0.2) is 9.69 Å². The number of anilines is 1. The van der Waals surface area contributed by atoms with Crippen molar-refractivity contribution in [2.24, 2.45) is 5.92 Å². The molecule has 216 valence electrons. The first-order chi connectivity index (χ1) is 20.4. The van der Waals surface area contributed by atoms with Gasteiger partial charge in [0.15, 0.2) is 12.4 Å². The first-order valence-electron chi connectivity index (χ1n) is 14.1. The summed E-state index contributed by atoms with van der Waals surface area (Å²) in [5.41, 5.74) is 3.00. The molecule has 3 aromatic rings. The van der Waals surface area contributed by atoms with Gasteiger partial charge in [0.2, 0.25) is 5.91 Å². The molecule has 0 N–H and O–H groups in total. The van der Waals surface area contributed by atoms with Crippen molar-refractivity contribution in [1.29, 1.82) is 0 Å². The lowest BCUT2D eigenvalue weighted by molar-refractivity contribution is -0.149. The Morgan fingerprint density at radius 1 is 0.786 bits per heavy atom. The second-order valence-corrected chi connectivity index (χ2v) is 10.3. The Labute approximate surface area is 244 Å². The van der Waals surface area contributed by atoms with Crippen LogP contribution in [-0.4, -0.2) is 66.8 Å². The van der Waals surface area contributed by atoms with Crippen molar-refractivity contribution in [3.8, 4) is 11.1 Å². The van der Waals surface area contributed by atoms with E-state index in [0.717, 1.165) is 16.0 Å². The highest BCUT2D eigenvalue weighted by Gasteiger charge is 2.44. The fraction of sp³-hybridized carbons (Fsp3) is 0.303. The van der Waals surface area contributed by atoms with Crippen LogP contribution in [0.3, 0.4) is 0 Å². The molecule has 42 heavy (non-hydrogen) atoms. The molecule has 0 saturated carbocycles. The third kappa shape index (κ3) is 6.31. The summed E-state index contributed by atoms with van der Waals surface area (Å²) in [4.78, 5) is 66.3. The van der Waals surface area contributed by atoms with Gasteiger partial charge >= 0.3 is 11.9 Å². The molecule has 2 heterocycles. The van der Waals surface area contributed by atoms with Gasteiger partial charge in [0.1, 0.15) is 0 Å². The number of carbonyl (C=O) groups is 5. The molecule has 9 heteroatoms. The van der Waals surface area contributed by atoms with Gasteiger partial charge < -0.3 is 9.47 Å². The number of Topliss-reactive ketones (excluding diaryl/α,β-unsaturated/α-hetero) is 1. The van der Waals surface area contributed by atoms with E-state index in [4.69, 9.17) is 9.47 Å². The van der Waals surface area contributed by atoms with Crippen LogP contribution in [0.15, 0.2) is 78.9 Å². The standard InChI is InChI=1S/C33H32N2O7/c1-2-41-32(39)26-16-18-34(19-17-26)28-20-30(37)35(31(28)38)27-14-12-25(13-15-27)33(40)42-21-29(36)24-10-8-23(9-11-24)22-6-4-3-5-7-22/h3-15,26,28H,2,16-21H2,1H3. The Morgan fingerprint density at radius 2 is 1.40 bits per heavy atom. The van der Waals surface area contributed by atoms with Crippen molar-refractivity contribution < 1.29 is 33.4 Å². The Bertz CT molecular complexity index is 1460. The minimum absolute atomic E-state index is 0.0567. The molecule has 0 spiro atoms. The van der Waals surface area contributed by atoms with E-state index >= 15 is 0 Å². The first kappa shape index (κ1) is 28.9. The number of esters is 2. The van der Waals surface area contributed by atoms with Crippen LogP contribution < -0.4 is 4.90 Å². The van der Waals surface area contributed by atoms with E-state index in [2.05, 4.69) is 0 Å². The summed E-state index contributed by atoms with van der Waals surface area (Å²) in [7, 11) is 0. The van der Waals surface area contributed by atoms with Crippen LogP contribution in [-0.2, 0) is 23.9 Å². The quantitative estimate of drug-likeness (QED) is 0.214. The molecular formula is C33H32N2O7. The monoisotopic (exact) mass is 568 g/mol.